The summed E-state index contributed by atoms with van der Waals surface area (Å²) in [5.74, 6) is -1.27. The Morgan fingerprint density at radius 1 is 1.04 bits per heavy atom. The van der Waals surface area contributed by atoms with E-state index in [9.17, 15) is 18.0 Å². The average molecular weight is 773 g/mol. The molecule has 1 aliphatic heterocycles. The highest BCUT2D eigenvalue weighted by Gasteiger charge is 2.33. The van der Waals surface area contributed by atoms with Crippen molar-refractivity contribution in [2.75, 3.05) is 25.2 Å². The van der Waals surface area contributed by atoms with E-state index in [0.717, 1.165) is 41.5 Å². The van der Waals surface area contributed by atoms with E-state index in [2.05, 4.69) is 15.8 Å². The number of fused-ring (bicyclic) bond motifs is 2. The maximum Gasteiger partial charge on any atom is 0.327 e. The second-order valence-corrected chi connectivity index (χ2v) is 15.8. The van der Waals surface area contributed by atoms with E-state index in [4.69, 9.17) is 37.5 Å². The third-order valence-electron chi connectivity index (χ3n) is 9.70. The molecule has 2 N–H and O–H groups in total. The third-order valence-corrected chi connectivity index (χ3v) is 11.7. The van der Waals surface area contributed by atoms with Crippen molar-refractivity contribution in [3.05, 3.63) is 92.2 Å². The molecule has 1 aromatic heterocycles. The van der Waals surface area contributed by atoms with Crippen molar-refractivity contribution in [3.8, 4) is 22.6 Å². The van der Waals surface area contributed by atoms with Gasteiger partial charge in [0.2, 0.25) is 10.0 Å². The van der Waals surface area contributed by atoms with E-state index >= 15 is 4.39 Å². The highest BCUT2D eigenvalue weighted by molar-refractivity contribution is 7.88. The van der Waals surface area contributed by atoms with Crippen molar-refractivity contribution < 1.29 is 36.7 Å². The molecular formula is C36H36Cl2FN5O7S. The smallest absolute Gasteiger partial charge is 0.327 e. The second-order valence-electron chi connectivity index (χ2n) is 13.1. The molecule has 52 heavy (non-hydrogen) atoms. The van der Waals surface area contributed by atoms with Gasteiger partial charge in [-0.15, -0.1) is 5.48 Å². The zero-order chi connectivity index (χ0) is 36.9. The summed E-state index contributed by atoms with van der Waals surface area (Å²) in [5.41, 5.74) is 7.78. The Hall–Kier alpha value is -4.21. The number of ether oxygens (including phenoxy) is 2. The fraction of sp³-hybridized carbons (Fsp3) is 0.361. The number of hydrogen-bond donors (Lipinski definition) is 2. The number of benzene rings is 3. The number of hydroxylamine groups is 1. The lowest BCUT2D eigenvalue weighted by Gasteiger charge is -2.24. The zero-order valence-electron chi connectivity index (χ0n) is 28.6. The molecule has 1 atom stereocenters. The van der Waals surface area contributed by atoms with Crippen molar-refractivity contribution >= 4 is 50.8 Å². The van der Waals surface area contributed by atoms with Crippen LogP contribution in [0.2, 0.25) is 10.0 Å². The van der Waals surface area contributed by atoms with Crippen molar-refractivity contribution in [1.82, 2.24) is 19.3 Å². The van der Waals surface area contributed by atoms with Gasteiger partial charge < -0.3 is 24.2 Å². The van der Waals surface area contributed by atoms with Gasteiger partial charge in [0.05, 0.1) is 48.8 Å². The highest BCUT2D eigenvalue weighted by Crippen LogP contribution is 2.45. The Labute approximate surface area is 310 Å². The number of anilines is 1. The summed E-state index contributed by atoms with van der Waals surface area (Å²) >= 11 is 13.4. The molecule has 0 spiro atoms. The summed E-state index contributed by atoms with van der Waals surface area (Å²) < 4.78 is 54.5. The molecule has 2 aliphatic carbocycles. The van der Waals surface area contributed by atoms with Gasteiger partial charge in [0.15, 0.2) is 11.6 Å². The molecule has 0 saturated heterocycles. The fourth-order valence-corrected chi connectivity index (χ4v) is 8.05. The molecule has 3 aliphatic rings. The molecule has 7 rings (SSSR count). The van der Waals surface area contributed by atoms with Gasteiger partial charge >= 0.3 is 5.97 Å². The van der Waals surface area contributed by atoms with Crippen LogP contribution >= 0.6 is 23.2 Å². The van der Waals surface area contributed by atoms with Crippen LogP contribution in [0.1, 0.15) is 64.1 Å². The Balaban J connectivity index is 1.09. The first kappa shape index (κ1) is 36.2. The summed E-state index contributed by atoms with van der Waals surface area (Å²) in [4.78, 5) is 34.9. The van der Waals surface area contributed by atoms with Crippen LogP contribution in [0.4, 0.5) is 10.1 Å². The lowest BCUT2D eigenvalue weighted by molar-refractivity contribution is -0.153. The average Bonchev–Trinajstić information content (AvgIpc) is 3.82. The van der Waals surface area contributed by atoms with Crippen LogP contribution in [0.5, 0.6) is 11.5 Å². The first-order valence-corrected chi connectivity index (χ1v) is 19.3. The van der Waals surface area contributed by atoms with Crippen molar-refractivity contribution in [2.24, 2.45) is 13.0 Å². The van der Waals surface area contributed by atoms with Gasteiger partial charge in [-0.05, 0) is 48.4 Å². The molecule has 274 valence electrons. The van der Waals surface area contributed by atoms with Crippen LogP contribution in [-0.4, -0.2) is 54.1 Å². The molecule has 0 bridgehead atoms. The third kappa shape index (κ3) is 6.97. The lowest BCUT2D eigenvalue weighted by atomic mass is 9.96. The lowest BCUT2D eigenvalue weighted by Crippen LogP contribution is -2.35. The maximum atomic E-state index is 15.5. The summed E-state index contributed by atoms with van der Waals surface area (Å²) in [7, 11) is -0.259. The molecule has 1 saturated carbocycles. The Morgan fingerprint density at radius 2 is 1.79 bits per heavy atom. The number of imidazole rings is 1. The van der Waals surface area contributed by atoms with Crippen molar-refractivity contribution in [1.29, 1.82) is 0 Å². The molecule has 3 aromatic carbocycles. The molecule has 12 nitrogen and oxygen atoms in total. The van der Waals surface area contributed by atoms with Crippen LogP contribution in [0.15, 0.2) is 42.5 Å². The van der Waals surface area contributed by atoms with E-state index in [1.165, 1.54) is 17.5 Å². The van der Waals surface area contributed by atoms with Crippen molar-refractivity contribution in [2.45, 2.75) is 51.3 Å². The molecule has 1 fully saturated rings. The number of amides is 1. The van der Waals surface area contributed by atoms with Crippen LogP contribution in [0, 0.1) is 11.7 Å². The summed E-state index contributed by atoms with van der Waals surface area (Å²) in [5, 5.41) is 3.00. The largest absolute Gasteiger partial charge is 0.496 e. The normalized spacial score (nSPS) is 17.0. The van der Waals surface area contributed by atoms with Crippen LogP contribution in [0.3, 0.4) is 0 Å². The summed E-state index contributed by atoms with van der Waals surface area (Å²) in [6.45, 7) is 0.277. The van der Waals surface area contributed by atoms with Gasteiger partial charge in [-0.1, -0.05) is 53.5 Å². The number of nitrogens with zero attached hydrogens (tertiary/aromatic N) is 3. The van der Waals surface area contributed by atoms with Crippen LogP contribution in [0.25, 0.3) is 11.1 Å². The summed E-state index contributed by atoms with van der Waals surface area (Å²) in [6, 6.07) is 12.7. The number of carbonyl (C=O) groups is 2. The molecular weight excluding hydrogens is 736 g/mol. The number of rotatable bonds is 11. The second kappa shape index (κ2) is 14.3. The highest BCUT2D eigenvalue weighted by atomic mass is 35.5. The molecule has 0 radical (unpaired) electrons. The maximum absolute atomic E-state index is 15.5. The number of aromatic nitrogens is 2. The summed E-state index contributed by atoms with van der Waals surface area (Å²) in [6.07, 6.45) is 3.94. The van der Waals surface area contributed by atoms with E-state index in [-0.39, 0.29) is 52.9 Å². The van der Waals surface area contributed by atoms with E-state index < -0.39 is 27.9 Å². The van der Waals surface area contributed by atoms with Crippen molar-refractivity contribution in [3.63, 3.8) is 0 Å². The minimum atomic E-state index is -3.40. The quantitative estimate of drug-likeness (QED) is 0.172. The number of halogens is 3. The molecule has 2 heterocycles. The van der Waals surface area contributed by atoms with Gasteiger partial charge in [0.25, 0.3) is 5.91 Å². The van der Waals surface area contributed by atoms with Gasteiger partial charge in [-0.2, -0.15) is 4.31 Å². The predicted octanol–water partition coefficient (Wildman–Crippen LogP) is 6.14. The van der Waals surface area contributed by atoms with E-state index in [1.807, 2.05) is 24.3 Å². The first-order valence-electron chi connectivity index (χ1n) is 16.7. The molecule has 4 aromatic rings. The van der Waals surface area contributed by atoms with Gasteiger partial charge in [0, 0.05) is 42.9 Å². The number of hydrogen-bond acceptors (Lipinski definition) is 9. The minimum absolute atomic E-state index is 0.0975. The van der Waals surface area contributed by atoms with E-state index in [1.54, 1.807) is 23.7 Å². The minimum Gasteiger partial charge on any atom is -0.496 e. The van der Waals surface area contributed by atoms with Crippen LogP contribution in [-0.2, 0) is 52.6 Å². The Morgan fingerprint density at radius 3 is 2.52 bits per heavy atom. The Bertz CT molecular complexity index is 2210. The van der Waals surface area contributed by atoms with Gasteiger partial charge in [-0.25, -0.2) is 17.8 Å². The standard InChI is InChI=1S/C36H36Cl2FN5O7S/c1-43-27-14-15-44(52(3,47)48)18-26(27)41-34(43)35(45)42-25-9-5-8-23(31(25)37)20-6-4-7-22-21(20)12-13-28(22)50-30-16-29(49-2)24(33(39)32(30)38)17-40-51-36(46)19-10-11-19/h4-9,16,19,28,40H,10-15,17-18H2,1-3H3,(H,42,45). The predicted molar refractivity (Wildman–Crippen MR) is 192 cm³/mol. The fourth-order valence-electron chi connectivity index (χ4n) is 6.78. The topological polar surface area (TPSA) is 141 Å². The molecule has 1 amide bonds. The number of methoxy groups -OCH3 is 1. The monoisotopic (exact) mass is 771 g/mol. The van der Waals surface area contributed by atoms with E-state index in [0.29, 0.717) is 47.8 Å². The Kier molecular flexibility index (Phi) is 9.95. The molecule has 1 unspecified atom stereocenters. The number of sulfonamides is 1. The number of nitrogens with one attached hydrogen (secondary N) is 2. The zero-order valence-corrected chi connectivity index (χ0v) is 30.9. The first-order chi connectivity index (χ1) is 24.8. The number of carbonyl (C=O) groups excluding carboxylic acids is 2. The SMILES string of the molecule is COc1cc(OC2CCc3c(-c4cccc(NC(=O)c5nc6c(n5C)CCN(S(C)(=O)=O)C6)c4Cl)cccc32)c(Cl)c(F)c1CNOC(=O)C1CC1. The van der Waals surface area contributed by atoms with Crippen LogP contribution < -0.4 is 20.3 Å². The molecule has 16 heteroatoms. The van der Waals surface area contributed by atoms with Gasteiger partial charge in [0.1, 0.15) is 22.6 Å². The van der Waals surface area contributed by atoms with Gasteiger partial charge in [-0.3, -0.25) is 9.59 Å².